The van der Waals surface area contributed by atoms with Crippen LogP contribution < -0.4 is 14.2 Å². The lowest BCUT2D eigenvalue weighted by molar-refractivity contribution is -0.146. The number of hydrogen-bond acceptors (Lipinski definition) is 9. The normalized spacial score (nSPS) is 23.8. The fraction of sp³-hybridized carbons (Fsp3) is 0.659. The van der Waals surface area contributed by atoms with E-state index in [1.165, 1.54) is 0 Å². The number of carbonyl (C=O) groups excluding carboxylic acids is 5. The standard InChI is InChI=1S/C44H60O9/c1-21(2)24-26-32(51-20-18-16-15-17-19-45)27-25(22(3)4)29-36(48)42(9,10)40(50)44(13,14)38(29)53-34(27)30(31(46)23(5)6)33(26)52-37-28(24)35(47)41(7,8)39(49)43(37,11)12/h21-25,45H,15-20H2,1-14H3/t24-,25+. The maximum atomic E-state index is 14.7. The van der Waals surface area contributed by atoms with Crippen LogP contribution in [0.5, 0.6) is 17.2 Å². The van der Waals surface area contributed by atoms with E-state index in [0.717, 1.165) is 12.8 Å². The van der Waals surface area contributed by atoms with E-state index in [0.29, 0.717) is 40.9 Å². The quantitative estimate of drug-likeness (QED) is 0.135. The Hall–Kier alpha value is -3.59. The molecule has 9 nitrogen and oxygen atoms in total. The summed E-state index contributed by atoms with van der Waals surface area (Å²) in [5, 5.41) is 9.36. The number of hydrogen-bond donors (Lipinski definition) is 1. The second-order valence-electron chi connectivity index (χ2n) is 18.6. The Kier molecular flexibility index (Phi) is 10.4. The molecule has 1 aromatic carbocycles. The molecule has 9 heteroatoms. The molecule has 2 heterocycles. The third-order valence-electron chi connectivity index (χ3n) is 12.0. The van der Waals surface area contributed by atoms with Gasteiger partial charge in [0.25, 0.3) is 0 Å². The molecule has 2 aliphatic heterocycles. The van der Waals surface area contributed by atoms with Gasteiger partial charge < -0.3 is 19.3 Å². The molecule has 1 aromatic rings. The van der Waals surface area contributed by atoms with Crippen LogP contribution in [0, 0.1) is 39.4 Å². The molecule has 1 N–H and O–H groups in total. The van der Waals surface area contributed by atoms with Crippen molar-refractivity contribution in [2.24, 2.45) is 39.4 Å². The van der Waals surface area contributed by atoms with Crippen molar-refractivity contribution in [3.8, 4) is 17.2 Å². The summed E-state index contributed by atoms with van der Waals surface area (Å²) in [4.78, 5) is 71.9. The van der Waals surface area contributed by atoms with Crippen molar-refractivity contribution in [1.82, 2.24) is 0 Å². The van der Waals surface area contributed by atoms with Gasteiger partial charge in [0.05, 0.1) is 28.3 Å². The molecule has 5 rings (SSSR count). The van der Waals surface area contributed by atoms with Gasteiger partial charge in [-0.1, -0.05) is 48.0 Å². The first-order valence-electron chi connectivity index (χ1n) is 19.5. The molecule has 0 fully saturated rings. The fourth-order valence-corrected chi connectivity index (χ4v) is 9.19. The van der Waals surface area contributed by atoms with Crippen LogP contribution in [0.25, 0.3) is 0 Å². The number of aliphatic hydroxyl groups excluding tert-OH is 1. The molecule has 2 atom stereocenters. The maximum absolute atomic E-state index is 14.7. The molecule has 4 aliphatic rings. The van der Waals surface area contributed by atoms with Gasteiger partial charge in [-0.25, -0.2) is 0 Å². The number of allylic oxidation sites excluding steroid dienone is 4. The number of rotatable bonds is 11. The fourth-order valence-electron chi connectivity index (χ4n) is 9.19. The zero-order chi connectivity index (χ0) is 39.9. The Morgan fingerprint density at radius 3 is 1.40 bits per heavy atom. The number of unbranched alkanes of at least 4 members (excludes halogenated alkanes) is 3. The second-order valence-corrected chi connectivity index (χ2v) is 18.6. The number of ketones is 5. The summed E-state index contributed by atoms with van der Waals surface area (Å²) < 4.78 is 20.6. The molecule has 0 unspecified atom stereocenters. The Labute approximate surface area is 315 Å². The minimum absolute atomic E-state index is 0.107. The highest BCUT2D eigenvalue weighted by Crippen LogP contribution is 2.64. The Balaban J connectivity index is 1.96. The predicted molar refractivity (Wildman–Crippen MR) is 202 cm³/mol. The minimum atomic E-state index is -1.32. The van der Waals surface area contributed by atoms with E-state index < -0.39 is 39.4 Å². The number of carbonyl (C=O) groups is 5. The predicted octanol–water partition coefficient (Wildman–Crippen LogP) is 8.64. The van der Waals surface area contributed by atoms with Crippen molar-refractivity contribution in [3.05, 3.63) is 39.4 Å². The zero-order valence-electron chi connectivity index (χ0n) is 34.3. The van der Waals surface area contributed by atoms with E-state index in [1.807, 2.05) is 27.7 Å². The van der Waals surface area contributed by atoms with Crippen LogP contribution in [0.3, 0.4) is 0 Å². The molecule has 0 aromatic heterocycles. The van der Waals surface area contributed by atoms with Gasteiger partial charge in [-0.15, -0.1) is 0 Å². The van der Waals surface area contributed by atoms with Crippen LogP contribution in [-0.4, -0.2) is 47.2 Å². The smallest absolute Gasteiger partial charge is 0.175 e. The largest absolute Gasteiger partial charge is 0.493 e. The summed E-state index contributed by atoms with van der Waals surface area (Å²) in [6.45, 7) is 25.7. The van der Waals surface area contributed by atoms with Gasteiger partial charge in [0, 0.05) is 46.6 Å². The van der Waals surface area contributed by atoms with Crippen LogP contribution in [-0.2, 0) is 19.2 Å². The van der Waals surface area contributed by atoms with Gasteiger partial charge in [-0.3, -0.25) is 24.0 Å². The third-order valence-corrected chi connectivity index (χ3v) is 12.0. The molecule has 0 spiro atoms. The molecule has 290 valence electrons. The van der Waals surface area contributed by atoms with E-state index >= 15 is 0 Å². The van der Waals surface area contributed by atoms with E-state index in [1.54, 1.807) is 69.2 Å². The number of aliphatic hydroxyl groups is 1. The van der Waals surface area contributed by atoms with Crippen LogP contribution in [0.2, 0.25) is 0 Å². The lowest BCUT2D eigenvalue weighted by atomic mass is 9.58. The summed E-state index contributed by atoms with van der Waals surface area (Å²) in [6.07, 6.45) is 2.97. The highest BCUT2D eigenvalue weighted by Gasteiger charge is 2.61. The number of fused-ring (bicyclic) bond motifs is 2. The topological polar surface area (TPSA) is 133 Å². The molecular formula is C44H60O9. The van der Waals surface area contributed by atoms with Gasteiger partial charge in [0.1, 0.15) is 34.3 Å². The lowest BCUT2D eigenvalue weighted by Gasteiger charge is -2.48. The van der Waals surface area contributed by atoms with Gasteiger partial charge in [-0.2, -0.15) is 0 Å². The van der Waals surface area contributed by atoms with E-state index in [9.17, 15) is 29.1 Å². The van der Waals surface area contributed by atoms with Crippen LogP contribution in [0.15, 0.2) is 22.7 Å². The summed E-state index contributed by atoms with van der Waals surface area (Å²) in [5.41, 5.74) is -3.00. The monoisotopic (exact) mass is 732 g/mol. The number of ether oxygens (including phenoxy) is 3. The number of Topliss-reactive ketones (excluding diaryl/α,β-unsaturated/α-hetero) is 5. The van der Waals surface area contributed by atoms with Gasteiger partial charge >= 0.3 is 0 Å². The van der Waals surface area contributed by atoms with Crippen LogP contribution in [0.4, 0.5) is 0 Å². The van der Waals surface area contributed by atoms with Crippen molar-refractivity contribution >= 4 is 28.9 Å². The Morgan fingerprint density at radius 1 is 0.642 bits per heavy atom. The van der Waals surface area contributed by atoms with Gasteiger partial charge in [0.15, 0.2) is 28.9 Å². The minimum Gasteiger partial charge on any atom is -0.493 e. The molecule has 2 aliphatic carbocycles. The molecule has 0 radical (unpaired) electrons. The highest BCUT2D eigenvalue weighted by atomic mass is 16.5. The SMILES string of the molecule is CC(C)C(=O)c1c2c(c(OCCCCCCO)c3c1OC1=C(C(=O)C(C)(C)C(=O)C1(C)C)[C@@H]3C(C)C)[C@H](C(C)C)C1=C(O2)C(C)(C)C(=O)C(C)(C)C1=O. The molecule has 0 amide bonds. The summed E-state index contributed by atoms with van der Waals surface area (Å²) >= 11 is 0. The van der Waals surface area contributed by atoms with E-state index in [4.69, 9.17) is 14.2 Å². The summed E-state index contributed by atoms with van der Waals surface area (Å²) in [6, 6.07) is 0. The van der Waals surface area contributed by atoms with Crippen molar-refractivity contribution < 1.29 is 43.3 Å². The van der Waals surface area contributed by atoms with Crippen molar-refractivity contribution in [3.63, 3.8) is 0 Å². The first-order valence-corrected chi connectivity index (χ1v) is 19.5. The molecule has 0 bridgehead atoms. The van der Waals surface area contributed by atoms with E-state index in [-0.39, 0.29) is 82.5 Å². The van der Waals surface area contributed by atoms with Gasteiger partial charge in [-0.05, 0) is 86.5 Å². The third kappa shape index (κ3) is 5.95. The number of benzene rings is 1. The molecular weight excluding hydrogens is 672 g/mol. The van der Waals surface area contributed by atoms with Crippen LogP contribution >= 0.6 is 0 Å². The van der Waals surface area contributed by atoms with E-state index in [2.05, 4.69) is 0 Å². The molecule has 0 saturated carbocycles. The molecule has 53 heavy (non-hydrogen) atoms. The Morgan fingerprint density at radius 2 is 1.04 bits per heavy atom. The van der Waals surface area contributed by atoms with Crippen LogP contribution in [0.1, 0.15) is 156 Å². The lowest BCUT2D eigenvalue weighted by Crippen LogP contribution is -2.52. The first kappa shape index (κ1) is 40.6. The first-order chi connectivity index (χ1) is 24.4. The van der Waals surface area contributed by atoms with Crippen molar-refractivity contribution in [2.45, 2.75) is 134 Å². The van der Waals surface area contributed by atoms with Crippen molar-refractivity contribution in [2.75, 3.05) is 13.2 Å². The summed E-state index contributed by atoms with van der Waals surface area (Å²) in [7, 11) is 0. The maximum Gasteiger partial charge on any atom is 0.175 e. The Bertz CT molecular complexity index is 1730. The van der Waals surface area contributed by atoms with Gasteiger partial charge in [0.2, 0.25) is 0 Å². The highest BCUT2D eigenvalue weighted by molar-refractivity contribution is 6.21. The average Bonchev–Trinajstić information content (AvgIpc) is 3.07. The second kappa shape index (κ2) is 13.6. The average molecular weight is 733 g/mol. The zero-order valence-corrected chi connectivity index (χ0v) is 34.3. The van der Waals surface area contributed by atoms with Crippen molar-refractivity contribution in [1.29, 1.82) is 0 Å². The molecule has 0 saturated heterocycles. The summed E-state index contributed by atoms with van der Waals surface area (Å²) in [5.74, 6) is -2.39.